The van der Waals surface area contributed by atoms with Crippen LogP contribution in [0.1, 0.15) is 12.8 Å². The molecule has 0 bridgehead atoms. The minimum Gasteiger partial charge on any atom is -0.389 e. The molecule has 1 aromatic heterocycles. The van der Waals surface area contributed by atoms with E-state index >= 15 is 0 Å². The van der Waals surface area contributed by atoms with Gasteiger partial charge in [0.05, 0.1) is 18.8 Å². The van der Waals surface area contributed by atoms with E-state index in [1.165, 1.54) is 16.8 Å². The van der Waals surface area contributed by atoms with E-state index < -0.39 is 17.4 Å². The molecule has 3 N–H and O–H groups in total. The quantitative estimate of drug-likeness (QED) is 0.603. The Morgan fingerprint density at radius 1 is 1.55 bits per heavy atom. The number of hydrogen-bond donors (Lipinski definition) is 3. The highest BCUT2D eigenvalue weighted by atomic mass is 16.5. The van der Waals surface area contributed by atoms with Gasteiger partial charge in [-0.05, 0) is 6.42 Å². The van der Waals surface area contributed by atoms with Gasteiger partial charge in [-0.25, -0.2) is 4.79 Å². The molecule has 2 atom stereocenters. The summed E-state index contributed by atoms with van der Waals surface area (Å²) in [4.78, 5) is 36.2. The summed E-state index contributed by atoms with van der Waals surface area (Å²) in [6.45, 7) is 0.881. The molecule has 8 heteroatoms. The van der Waals surface area contributed by atoms with Crippen LogP contribution in [-0.2, 0) is 16.1 Å². The van der Waals surface area contributed by atoms with Crippen LogP contribution in [0.5, 0.6) is 0 Å². The molecule has 20 heavy (non-hydrogen) atoms. The number of carbonyl (C=O) groups is 1. The number of aliphatic hydroxyl groups excluding tert-OH is 1. The van der Waals surface area contributed by atoms with E-state index in [4.69, 9.17) is 4.74 Å². The minimum absolute atomic E-state index is 0.0933. The van der Waals surface area contributed by atoms with Crippen molar-refractivity contribution in [1.29, 1.82) is 0 Å². The van der Waals surface area contributed by atoms with Crippen LogP contribution in [0.15, 0.2) is 21.9 Å². The Bertz CT molecular complexity index is 579. The Morgan fingerprint density at radius 3 is 3.05 bits per heavy atom. The number of nitrogens with zero attached hydrogens (tertiary/aromatic N) is 1. The van der Waals surface area contributed by atoms with Crippen LogP contribution in [-0.4, -0.2) is 45.9 Å². The average molecular weight is 283 g/mol. The van der Waals surface area contributed by atoms with Crippen molar-refractivity contribution in [1.82, 2.24) is 14.9 Å². The summed E-state index contributed by atoms with van der Waals surface area (Å²) < 4.78 is 6.32. The van der Waals surface area contributed by atoms with Gasteiger partial charge in [0.15, 0.2) is 0 Å². The normalized spacial score (nSPS) is 22.4. The Labute approximate surface area is 114 Å². The zero-order valence-electron chi connectivity index (χ0n) is 10.9. The average Bonchev–Trinajstić information content (AvgIpc) is 2.40. The molecule has 8 nitrogen and oxygen atoms in total. The van der Waals surface area contributed by atoms with Crippen molar-refractivity contribution in [2.75, 3.05) is 13.2 Å². The van der Waals surface area contributed by atoms with Gasteiger partial charge in [-0.3, -0.25) is 14.6 Å². The predicted octanol–water partition coefficient (Wildman–Crippen LogP) is -1.81. The van der Waals surface area contributed by atoms with E-state index in [2.05, 4.69) is 10.3 Å². The SMILES string of the molecule is O=C(CCn1ccc(=O)[nH]c1=O)N[C@@H]1CCOC[C@H]1O. The fraction of sp³-hybridized carbons (Fsp3) is 0.583. The zero-order valence-corrected chi connectivity index (χ0v) is 10.9. The first-order valence-electron chi connectivity index (χ1n) is 6.41. The van der Waals surface area contributed by atoms with Gasteiger partial charge in [0, 0.05) is 31.8 Å². The molecule has 1 amide bonds. The molecule has 0 spiro atoms. The molecule has 1 fully saturated rings. The van der Waals surface area contributed by atoms with Gasteiger partial charge in [0.2, 0.25) is 5.91 Å². The van der Waals surface area contributed by atoms with Crippen molar-refractivity contribution in [2.45, 2.75) is 31.5 Å². The van der Waals surface area contributed by atoms with Crippen molar-refractivity contribution in [3.63, 3.8) is 0 Å². The highest BCUT2D eigenvalue weighted by Gasteiger charge is 2.24. The van der Waals surface area contributed by atoms with Crippen molar-refractivity contribution in [3.05, 3.63) is 33.1 Å². The second kappa shape index (κ2) is 6.49. The van der Waals surface area contributed by atoms with Crippen LogP contribution in [0.4, 0.5) is 0 Å². The predicted molar refractivity (Wildman–Crippen MR) is 69.3 cm³/mol. The van der Waals surface area contributed by atoms with E-state index in [0.29, 0.717) is 13.0 Å². The van der Waals surface area contributed by atoms with E-state index in [9.17, 15) is 19.5 Å². The maximum Gasteiger partial charge on any atom is 0.328 e. The van der Waals surface area contributed by atoms with Crippen LogP contribution in [0.2, 0.25) is 0 Å². The monoisotopic (exact) mass is 283 g/mol. The van der Waals surface area contributed by atoms with Crippen molar-refractivity contribution in [2.24, 2.45) is 0 Å². The molecule has 1 aromatic rings. The van der Waals surface area contributed by atoms with Crippen LogP contribution in [0.3, 0.4) is 0 Å². The number of rotatable bonds is 4. The number of aryl methyl sites for hydroxylation is 1. The third-order valence-corrected chi connectivity index (χ3v) is 3.15. The highest BCUT2D eigenvalue weighted by Crippen LogP contribution is 2.07. The Morgan fingerprint density at radius 2 is 2.35 bits per heavy atom. The van der Waals surface area contributed by atoms with Crippen molar-refractivity contribution in [3.8, 4) is 0 Å². The third-order valence-electron chi connectivity index (χ3n) is 3.15. The lowest BCUT2D eigenvalue weighted by Crippen LogP contribution is -2.49. The summed E-state index contributed by atoms with van der Waals surface area (Å²) in [5.41, 5.74) is -1.02. The van der Waals surface area contributed by atoms with Crippen molar-refractivity contribution >= 4 is 5.91 Å². The van der Waals surface area contributed by atoms with E-state index in [0.717, 1.165) is 0 Å². The summed E-state index contributed by atoms with van der Waals surface area (Å²) >= 11 is 0. The van der Waals surface area contributed by atoms with Gasteiger partial charge in [0.1, 0.15) is 0 Å². The lowest BCUT2D eigenvalue weighted by Gasteiger charge is -2.28. The number of aliphatic hydroxyl groups is 1. The standard InChI is InChI=1S/C12H17N3O5/c16-9-7-20-6-3-8(9)13-10(17)1-4-15-5-2-11(18)14-12(15)19/h2,5,8-9,16H,1,3-4,6-7H2,(H,13,17)(H,14,18,19)/t8-,9-/m1/s1. The second-order valence-corrected chi connectivity index (χ2v) is 4.66. The zero-order chi connectivity index (χ0) is 14.5. The van der Waals surface area contributed by atoms with Gasteiger partial charge in [-0.1, -0.05) is 0 Å². The van der Waals surface area contributed by atoms with Gasteiger partial charge in [-0.15, -0.1) is 0 Å². The molecule has 2 heterocycles. The van der Waals surface area contributed by atoms with E-state index in [1.54, 1.807) is 0 Å². The molecule has 2 rings (SSSR count). The smallest absolute Gasteiger partial charge is 0.328 e. The number of ether oxygens (including phenoxy) is 1. The van der Waals surface area contributed by atoms with Crippen molar-refractivity contribution < 1.29 is 14.6 Å². The lowest BCUT2D eigenvalue weighted by atomic mass is 10.1. The molecule has 1 saturated heterocycles. The molecular weight excluding hydrogens is 266 g/mol. The minimum atomic E-state index is -0.705. The highest BCUT2D eigenvalue weighted by molar-refractivity contribution is 5.76. The van der Waals surface area contributed by atoms with Gasteiger partial charge in [0.25, 0.3) is 5.56 Å². The summed E-state index contributed by atoms with van der Waals surface area (Å²) in [5.74, 6) is -0.256. The number of H-pyrrole nitrogens is 1. The first-order chi connectivity index (χ1) is 9.56. The lowest BCUT2D eigenvalue weighted by molar-refractivity contribution is -0.124. The van der Waals surface area contributed by atoms with Crippen LogP contribution in [0, 0.1) is 0 Å². The van der Waals surface area contributed by atoms with Crippen LogP contribution in [0.25, 0.3) is 0 Å². The number of nitrogens with one attached hydrogen (secondary N) is 2. The van der Waals surface area contributed by atoms with E-state index in [1.807, 2.05) is 0 Å². The van der Waals surface area contributed by atoms with E-state index in [-0.39, 0.29) is 31.5 Å². The summed E-state index contributed by atoms with van der Waals surface area (Å²) in [7, 11) is 0. The summed E-state index contributed by atoms with van der Waals surface area (Å²) in [5, 5.41) is 12.4. The molecule has 0 saturated carbocycles. The first-order valence-corrected chi connectivity index (χ1v) is 6.41. The molecule has 0 unspecified atom stereocenters. The van der Waals surface area contributed by atoms with Gasteiger partial charge >= 0.3 is 5.69 Å². The van der Waals surface area contributed by atoms with Gasteiger partial charge < -0.3 is 19.7 Å². The fourth-order valence-electron chi connectivity index (χ4n) is 2.01. The topological polar surface area (TPSA) is 113 Å². The largest absolute Gasteiger partial charge is 0.389 e. The Balaban J connectivity index is 1.85. The summed E-state index contributed by atoms with van der Waals surface area (Å²) in [6.07, 6.45) is 1.29. The molecule has 0 aliphatic carbocycles. The Kier molecular flexibility index (Phi) is 4.70. The number of aromatic amines is 1. The molecule has 0 aromatic carbocycles. The number of carbonyl (C=O) groups excluding carboxylic acids is 1. The number of amides is 1. The Hall–Kier alpha value is -1.93. The molecule has 0 radical (unpaired) electrons. The number of hydrogen-bond acceptors (Lipinski definition) is 5. The number of aromatic nitrogens is 2. The summed E-state index contributed by atoms with van der Waals surface area (Å²) in [6, 6.07) is 0.908. The third kappa shape index (κ3) is 3.78. The molecular formula is C12H17N3O5. The molecule has 1 aliphatic heterocycles. The fourth-order valence-corrected chi connectivity index (χ4v) is 2.01. The first kappa shape index (κ1) is 14.5. The van der Waals surface area contributed by atoms with Crippen LogP contribution >= 0.6 is 0 Å². The van der Waals surface area contributed by atoms with Gasteiger partial charge in [-0.2, -0.15) is 0 Å². The second-order valence-electron chi connectivity index (χ2n) is 4.66. The van der Waals surface area contributed by atoms with Crippen LogP contribution < -0.4 is 16.6 Å². The molecule has 1 aliphatic rings. The maximum atomic E-state index is 11.8. The molecule has 110 valence electrons. The maximum absolute atomic E-state index is 11.8.